The van der Waals surface area contributed by atoms with E-state index in [1.54, 1.807) is 6.92 Å². The molecule has 3 heteroatoms. The van der Waals surface area contributed by atoms with E-state index < -0.39 is 5.41 Å². The molecule has 4 aliphatic carbocycles. The molecule has 0 amide bonds. The Labute approximate surface area is 144 Å². The van der Waals surface area contributed by atoms with E-state index in [4.69, 9.17) is 0 Å². The van der Waals surface area contributed by atoms with E-state index in [2.05, 4.69) is 13.8 Å². The molecule has 1 unspecified atom stereocenters. The molecule has 0 aromatic heterocycles. The summed E-state index contributed by atoms with van der Waals surface area (Å²) >= 11 is 0. The van der Waals surface area contributed by atoms with Gasteiger partial charge in [-0.25, -0.2) is 0 Å². The van der Waals surface area contributed by atoms with Crippen molar-refractivity contribution in [2.24, 2.45) is 40.4 Å². The molecule has 24 heavy (non-hydrogen) atoms. The van der Waals surface area contributed by atoms with E-state index in [1.807, 2.05) is 0 Å². The van der Waals surface area contributed by atoms with Gasteiger partial charge in [0, 0.05) is 30.6 Å². The van der Waals surface area contributed by atoms with Crippen LogP contribution in [0, 0.1) is 40.4 Å². The molecule has 0 bridgehead atoms. The smallest absolute Gasteiger partial charge is 0.140 e. The molecule has 4 aliphatic rings. The summed E-state index contributed by atoms with van der Waals surface area (Å²) in [6.07, 6.45) is 7.24. The van der Waals surface area contributed by atoms with Crippen LogP contribution < -0.4 is 0 Å². The van der Waals surface area contributed by atoms with Crippen LogP contribution in [0.4, 0.5) is 0 Å². The molecule has 0 radical (unpaired) electrons. The standard InChI is InChI=1S/C21H30O3/c1-12(22)16-6-7-17-15-5-4-13-10-14(23)8-9-20(13,2)18(15)11-19(24)21(16,17)3/h13,15-18H,4-11H2,1-3H3/t13?,15-,16+,17-,18-,20-,21+/m0/s1. The Morgan fingerprint density at radius 1 is 1.00 bits per heavy atom. The number of ketones is 3. The molecule has 0 aromatic rings. The molecule has 0 saturated heterocycles. The predicted molar refractivity (Wildman–Crippen MR) is 91.3 cm³/mol. The number of rotatable bonds is 1. The van der Waals surface area contributed by atoms with Crippen molar-refractivity contribution in [2.45, 2.75) is 72.1 Å². The summed E-state index contributed by atoms with van der Waals surface area (Å²) < 4.78 is 0. The van der Waals surface area contributed by atoms with Crippen molar-refractivity contribution in [3.8, 4) is 0 Å². The zero-order valence-corrected chi connectivity index (χ0v) is 15.3. The summed E-state index contributed by atoms with van der Waals surface area (Å²) in [7, 11) is 0. The fraction of sp³-hybridized carbons (Fsp3) is 0.857. The van der Waals surface area contributed by atoms with Gasteiger partial charge in [-0.05, 0) is 68.1 Å². The first-order chi connectivity index (χ1) is 11.3. The first-order valence-corrected chi connectivity index (χ1v) is 9.84. The van der Waals surface area contributed by atoms with Crippen LogP contribution in [0.2, 0.25) is 0 Å². The van der Waals surface area contributed by atoms with Gasteiger partial charge in [-0.15, -0.1) is 0 Å². The summed E-state index contributed by atoms with van der Waals surface area (Å²) in [6.45, 7) is 6.12. The van der Waals surface area contributed by atoms with E-state index >= 15 is 0 Å². The second-order valence-electron chi connectivity index (χ2n) is 9.55. The van der Waals surface area contributed by atoms with Crippen molar-refractivity contribution < 1.29 is 14.4 Å². The van der Waals surface area contributed by atoms with Gasteiger partial charge in [0.25, 0.3) is 0 Å². The maximum atomic E-state index is 13.2. The lowest BCUT2D eigenvalue weighted by Crippen LogP contribution is -2.57. The Morgan fingerprint density at radius 3 is 2.46 bits per heavy atom. The topological polar surface area (TPSA) is 51.2 Å². The molecular weight excluding hydrogens is 300 g/mol. The highest BCUT2D eigenvalue weighted by Gasteiger charge is 2.64. The average molecular weight is 330 g/mol. The molecule has 4 saturated carbocycles. The van der Waals surface area contributed by atoms with Crippen LogP contribution in [0.3, 0.4) is 0 Å². The molecule has 0 aliphatic heterocycles. The molecule has 0 heterocycles. The third kappa shape index (κ3) is 1.99. The molecule has 3 nitrogen and oxygen atoms in total. The number of hydrogen-bond donors (Lipinski definition) is 0. The van der Waals surface area contributed by atoms with E-state index in [0.29, 0.717) is 48.1 Å². The van der Waals surface area contributed by atoms with Gasteiger partial charge in [0.15, 0.2) is 0 Å². The minimum atomic E-state index is -0.416. The summed E-state index contributed by atoms with van der Waals surface area (Å²) in [6, 6.07) is 0. The second-order valence-corrected chi connectivity index (χ2v) is 9.55. The zero-order chi connectivity index (χ0) is 17.3. The molecule has 0 aromatic carbocycles. The lowest BCUT2D eigenvalue weighted by Gasteiger charge is -2.59. The first kappa shape index (κ1) is 16.5. The monoisotopic (exact) mass is 330 g/mol. The summed E-state index contributed by atoms with van der Waals surface area (Å²) in [4.78, 5) is 37.3. The van der Waals surface area contributed by atoms with Gasteiger partial charge in [-0.2, -0.15) is 0 Å². The third-order valence-electron chi connectivity index (χ3n) is 8.84. The van der Waals surface area contributed by atoms with Crippen molar-refractivity contribution in [2.75, 3.05) is 0 Å². The van der Waals surface area contributed by atoms with Crippen LogP contribution >= 0.6 is 0 Å². The van der Waals surface area contributed by atoms with Gasteiger partial charge in [-0.3, -0.25) is 14.4 Å². The highest BCUT2D eigenvalue weighted by atomic mass is 16.1. The minimum Gasteiger partial charge on any atom is -0.300 e. The summed E-state index contributed by atoms with van der Waals surface area (Å²) in [5.74, 6) is 2.76. The molecular formula is C21H30O3. The van der Waals surface area contributed by atoms with Crippen LogP contribution in [0.15, 0.2) is 0 Å². The number of hydrogen-bond acceptors (Lipinski definition) is 3. The Kier molecular flexibility index (Phi) is 3.61. The van der Waals surface area contributed by atoms with Crippen molar-refractivity contribution in [3.63, 3.8) is 0 Å². The van der Waals surface area contributed by atoms with Gasteiger partial charge in [0.2, 0.25) is 0 Å². The first-order valence-electron chi connectivity index (χ1n) is 9.84. The molecule has 0 spiro atoms. The second kappa shape index (κ2) is 5.25. The molecule has 7 atom stereocenters. The van der Waals surface area contributed by atoms with Gasteiger partial charge < -0.3 is 0 Å². The molecule has 4 fully saturated rings. The lowest BCUT2D eigenvalue weighted by atomic mass is 9.44. The fourth-order valence-electron chi connectivity index (χ4n) is 7.40. The van der Waals surface area contributed by atoms with Gasteiger partial charge in [0.1, 0.15) is 17.3 Å². The number of Topliss-reactive ketones (excluding diaryl/α,β-unsaturated/α-hetero) is 3. The van der Waals surface area contributed by atoms with E-state index in [-0.39, 0.29) is 17.1 Å². The van der Waals surface area contributed by atoms with Crippen LogP contribution in [-0.4, -0.2) is 17.3 Å². The Bertz CT molecular complexity index is 608. The molecule has 0 N–H and O–H groups in total. The number of fused-ring (bicyclic) bond motifs is 5. The zero-order valence-electron chi connectivity index (χ0n) is 15.3. The average Bonchev–Trinajstić information content (AvgIpc) is 2.88. The van der Waals surface area contributed by atoms with Crippen LogP contribution in [0.1, 0.15) is 72.1 Å². The van der Waals surface area contributed by atoms with Crippen LogP contribution in [-0.2, 0) is 14.4 Å². The number of carbonyl (C=O) groups is 3. The largest absolute Gasteiger partial charge is 0.300 e. The van der Waals surface area contributed by atoms with Crippen LogP contribution in [0.5, 0.6) is 0 Å². The highest BCUT2D eigenvalue weighted by Crippen LogP contribution is 2.66. The molecule has 132 valence electrons. The predicted octanol–water partition coefficient (Wildman–Crippen LogP) is 3.98. The lowest BCUT2D eigenvalue weighted by molar-refractivity contribution is -0.160. The van der Waals surface area contributed by atoms with Crippen molar-refractivity contribution in [3.05, 3.63) is 0 Å². The Balaban J connectivity index is 1.69. The maximum absolute atomic E-state index is 13.2. The van der Waals surface area contributed by atoms with Crippen molar-refractivity contribution in [1.82, 2.24) is 0 Å². The quantitative estimate of drug-likeness (QED) is 0.730. The van der Waals surface area contributed by atoms with Crippen molar-refractivity contribution >= 4 is 17.3 Å². The van der Waals surface area contributed by atoms with Gasteiger partial charge in [-0.1, -0.05) is 13.8 Å². The van der Waals surface area contributed by atoms with E-state index in [1.165, 1.54) is 0 Å². The van der Waals surface area contributed by atoms with E-state index in [9.17, 15) is 14.4 Å². The van der Waals surface area contributed by atoms with Crippen LogP contribution in [0.25, 0.3) is 0 Å². The maximum Gasteiger partial charge on any atom is 0.140 e. The number of carbonyl (C=O) groups excluding carboxylic acids is 3. The third-order valence-corrected chi connectivity index (χ3v) is 8.84. The summed E-state index contributed by atoms with van der Waals surface area (Å²) in [5.41, 5.74) is -0.261. The normalized spacial score (nSPS) is 50.9. The minimum absolute atomic E-state index is 0.0607. The summed E-state index contributed by atoms with van der Waals surface area (Å²) in [5, 5.41) is 0. The van der Waals surface area contributed by atoms with Gasteiger partial charge >= 0.3 is 0 Å². The fourth-order valence-corrected chi connectivity index (χ4v) is 7.40. The van der Waals surface area contributed by atoms with Gasteiger partial charge in [0.05, 0.1) is 0 Å². The Hall–Kier alpha value is -0.990. The van der Waals surface area contributed by atoms with Crippen molar-refractivity contribution in [1.29, 1.82) is 0 Å². The Morgan fingerprint density at radius 2 is 1.75 bits per heavy atom. The molecule has 4 rings (SSSR count). The van der Waals surface area contributed by atoms with E-state index in [0.717, 1.165) is 38.5 Å². The highest BCUT2D eigenvalue weighted by molar-refractivity contribution is 5.93. The SMILES string of the molecule is CC(=O)[C@H]1CC[C@H]2[C@@H]3CCC4CC(=O)CC[C@]4(C)[C@H]3CC(=O)[C@]12C.